The fraction of sp³-hybridized carbons (Fsp3) is 0.875. The molecule has 0 aromatic carbocycles. The van der Waals surface area contributed by atoms with E-state index in [1.807, 2.05) is 0 Å². The van der Waals surface area contributed by atoms with Crippen LogP contribution in [0.5, 0.6) is 0 Å². The summed E-state index contributed by atoms with van der Waals surface area (Å²) in [6.45, 7) is 5.81. The standard InChI is InChI=1S/C8H13NO2/c1-5(2)8-7-6(3-10-8)4-11-9-7/h5-6,8H,3-4H2,1-2H3/t6-,8-/m0/s1. The summed E-state index contributed by atoms with van der Waals surface area (Å²) in [7, 11) is 0. The predicted molar refractivity (Wildman–Crippen MR) is 41.5 cm³/mol. The normalized spacial score (nSPS) is 35.4. The first-order chi connectivity index (χ1) is 5.29. The number of ether oxygens (including phenoxy) is 1. The van der Waals surface area contributed by atoms with Gasteiger partial charge in [-0.05, 0) is 5.92 Å². The maximum Gasteiger partial charge on any atom is 0.127 e. The van der Waals surface area contributed by atoms with E-state index in [-0.39, 0.29) is 6.10 Å². The molecule has 0 amide bonds. The summed E-state index contributed by atoms with van der Waals surface area (Å²) in [4.78, 5) is 5.00. The summed E-state index contributed by atoms with van der Waals surface area (Å²) in [5.41, 5.74) is 1.13. The van der Waals surface area contributed by atoms with Crippen LogP contribution in [0, 0.1) is 11.8 Å². The zero-order chi connectivity index (χ0) is 7.84. The van der Waals surface area contributed by atoms with Crippen molar-refractivity contribution in [3.63, 3.8) is 0 Å². The average Bonchev–Trinajstić information content (AvgIpc) is 2.41. The molecule has 0 aliphatic carbocycles. The van der Waals surface area contributed by atoms with E-state index >= 15 is 0 Å². The molecule has 0 N–H and O–H groups in total. The molecule has 11 heavy (non-hydrogen) atoms. The van der Waals surface area contributed by atoms with Crippen LogP contribution >= 0.6 is 0 Å². The first kappa shape index (κ1) is 7.10. The van der Waals surface area contributed by atoms with Crippen LogP contribution < -0.4 is 0 Å². The second-order valence-corrected chi connectivity index (χ2v) is 3.51. The van der Waals surface area contributed by atoms with Crippen LogP contribution in [-0.4, -0.2) is 25.0 Å². The lowest BCUT2D eigenvalue weighted by Gasteiger charge is -2.12. The molecule has 2 aliphatic rings. The third-order valence-corrected chi connectivity index (χ3v) is 2.24. The molecule has 0 aromatic heterocycles. The number of hydrogen-bond acceptors (Lipinski definition) is 3. The van der Waals surface area contributed by atoms with Gasteiger partial charge < -0.3 is 9.57 Å². The van der Waals surface area contributed by atoms with Gasteiger partial charge in [-0.15, -0.1) is 0 Å². The Bertz CT molecular complexity index is 189. The maximum absolute atomic E-state index is 5.57. The highest BCUT2D eigenvalue weighted by Gasteiger charge is 2.38. The predicted octanol–water partition coefficient (Wildman–Crippen LogP) is 1.04. The van der Waals surface area contributed by atoms with Crippen molar-refractivity contribution in [1.82, 2.24) is 0 Å². The summed E-state index contributed by atoms with van der Waals surface area (Å²) >= 11 is 0. The van der Waals surface area contributed by atoms with Gasteiger partial charge in [-0.3, -0.25) is 0 Å². The summed E-state index contributed by atoms with van der Waals surface area (Å²) in [5.74, 6) is 0.961. The van der Waals surface area contributed by atoms with E-state index in [9.17, 15) is 0 Å². The van der Waals surface area contributed by atoms with Crippen LogP contribution in [0.15, 0.2) is 5.16 Å². The van der Waals surface area contributed by atoms with E-state index in [4.69, 9.17) is 9.57 Å². The van der Waals surface area contributed by atoms with Gasteiger partial charge in [0.05, 0.1) is 18.2 Å². The molecule has 0 spiro atoms. The van der Waals surface area contributed by atoms with Crippen LogP contribution in [0.25, 0.3) is 0 Å². The molecule has 0 saturated carbocycles. The lowest BCUT2D eigenvalue weighted by Crippen LogP contribution is -2.23. The van der Waals surface area contributed by atoms with E-state index in [1.54, 1.807) is 0 Å². The van der Waals surface area contributed by atoms with Crippen molar-refractivity contribution in [3.8, 4) is 0 Å². The smallest absolute Gasteiger partial charge is 0.127 e. The lowest BCUT2D eigenvalue weighted by atomic mass is 9.97. The first-order valence-electron chi connectivity index (χ1n) is 4.10. The molecule has 3 heteroatoms. The molecule has 0 aromatic rings. The average molecular weight is 155 g/mol. The number of fused-ring (bicyclic) bond motifs is 1. The van der Waals surface area contributed by atoms with Crippen LogP contribution in [0.1, 0.15) is 13.8 Å². The first-order valence-corrected chi connectivity index (χ1v) is 4.10. The molecule has 0 radical (unpaired) electrons. The van der Waals surface area contributed by atoms with Gasteiger partial charge in [0.15, 0.2) is 0 Å². The van der Waals surface area contributed by atoms with Gasteiger partial charge in [-0.1, -0.05) is 19.0 Å². The van der Waals surface area contributed by atoms with Crippen molar-refractivity contribution >= 4 is 5.71 Å². The van der Waals surface area contributed by atoms with E-state index in [0.29, 0.717) is 11.8 Å². The number of nitrogens with zero attached hydrogens (tertiary/aromatic N) is 1. The van der Waals surface area contributed by atoms with Crippen molar-refractivity contribution < 1.29 is 9.57 Å². The molecule has 62 valence electrons. The molecule has 0 bridgehead atoms. The Labute approximate surface area is 66.4 Å². The minimum absolute atomic E-state index is 0.211. The highest BCUT2D eigenvalue weighted by Crippen LogP contribution is 2.26. The van der Waals surface area contributed by atoms with Crippen molar-refractivity contribution in [2.24, 2.45) is 17.0 Å². The van der Waals surface area contributed by atoms with Gasteiger partial charge in [0.25, 0.3) is 0 Å². The highest BCUT2D eigenvalue weighted by molar-refractivity contribution is 5.93. The molecule has 2 aliphatic heterocycles. The van der Waals surface area contributed by atoms with Crippen LogP contribution in [0.3, 0.4) is 0 Å². The van der Waals surface area contributed by atoms with Gasteiger partial charge in [-0.2, -0.15) is 0 Å². The van der Waals surface area contributed by atoms with Crippen molar-refractivity contribution in [1.29, 1.82) is 0 Å². The number of rotatable bonds is 1. The summed E-state index contributed by atoms with van der Waals surface area (Å²) in [6.07, 6.45) is 0.211. The molecule has 1 fully saturated rings. The van der Waals surface area contributed by atoms with Crippen LogP contribution in [0.4, 0.5) is 0 Å². The summed E-state index contributed by atoms with van der Waals surface area (Å²) in [6, 6.07) is 0. The van der Waals surface area contributed by atoms with Gasteiger partial charge in [0.2, 0.25) is 0 Å². The topological polar surface area (TPSA) is 30.8 Å². The lowest BCUT2D eigenvalue weighted by molar-refractivity contribution is 0.0612. The molecular formula is C8H13NO2. The van der Waals surface area contributed by atoms with Gasteiger partial charge in [0.1, 0.15) is 12.7 Å². The minimum atomic E-state index is 0.211. The molecule has 3 nitrogen and oxygen atoms in total. The second-order valence-electron chi connectivity index (χ2n) is 3.51. The van der Waals surface area contributed by atoms with Crippen LogP contribution in [0.2, 0.25) is 0 Å². The number of oxime groups is 1. The fourth-order valence-electron chi connectivity index (χ4n) is 1.62. The largest absolute Gasteiger partial charge is 0.395 e. The fourth-order valence-corrected chi connectivity index (χ4v) is 1.62. The molecule has 2 heterocycles. The molecule has 1 saturated heterocycles. The third kappa shape index (κ3) is 1.03. The molecule has 2 rings (SSSR count). The Morgan fingerprint density at radius 3 is 3.00 bits per heavy atom. The van der Waals surface area contributed by atoms with Crippen molar-refractivity contribution in [3.05, 3.63) is 0 Å². The van der Waals surface area contributed by atoms with Gasteiger partial charge in [-0.25, -0.2) is 0 Å². The Balaban J connectivity index is 2.14. The second kappa shape index (κ2) is 2.48. The molecule has 0 unspecified atom stereocenters. The van der Waals surface area contributed by atoms with Gasteiger partial charge >= 0.3 is 0 Å². The zero-order valence-electron chi connectivity index (χ0n) is 6.91. The SMILES string of the molecule is CC(C)[C@@H]1OC[C@H]2CON=C21. The summed E-state index contributed by atoms with van der Waals surface area (Å²) in [5, 5.41) is 3.99. The van der Waals surface area contributed by atoms with E-state index in [0.717, 1.165) is 18.9 Å². The van der Waals surface area contributed by atoms with E-state index in [1.165, 1.54) is 0 Å². The van der Waals surface area contributed by atoms with Crippen LogP contribution in [-0.2, 0) is 9.57 Å². The minimum Gasteiger partial charge on any atom is -0.395 e. The third-order valence-electron chi connectivity index (χ3n) is 2.24. The highest BCUT2D eigenvalue weighted by atomic mass is 16.6. The Morgan fingerprint density at radius 2 is 2.27 bits per heavy atom. The Morgan fingerprint density at radius 1 is 1.45 bits per heavy atom. The monoisotopic (exact) mass is 155 g/mol. The summed E-state index contributed by atoms with van der Waals surface area (Å²) < 4.78 is 5.57. The Hall–Kier alpha value is -0.570. The zero-order valence-corrected chi connectivity index (χ0v) is 6.91. The molecule has 2 atom stereocenters. The van der Waals surface area contributed by atoms with Gasteiger partial charge in [0, 0.05) is 0 Å². The van der Waals surface area contributed by atoms with Crippen molar-refractivity contribution in [2.45, 2.75) is 20.0 Å². The molecular weight excluding hydrogens is 142 g/mol. The van der Waals surface area contributed by atoms with Crippen molar-refractivity contribution in [2.75, 3.05) is 13.2 Å². The Kier molecular flexibility index (Phi) is 1.60. The van der Waals surface area contributed by atoms with E-state index in [2.05, 4.69) is 19.0 Å². The maximum atomic E-state index is 5.57. The van der Waals surface area contributed by atoms with E-state index < -0.39 is 0 Å². The quantitative estimate of drug-likeness (QED) is 0.566. The number of hydrogen-bond donors (Lipinski definition) is 0.